The molecule has 32 heavy (non-hydrogen) atoms. The molecule has 0 aliphatic heterocycles. The van der Waals surface area contributed by atoms with E-state index in [1.807, 2.05) is 24.3 Å². The Balaban J connectivity index is 1.44. The monoisotopic (exact) mass is 511 g/mol. The lowest BCUT2D eigenvalue weighted by atomic mass is 9.95. The molecule has 2 aromatic carbocycles. The minimum absolute atomic E-state index is 0.168. The Bertz CT molecular complexity index is 1070. The number of hydrogen-bond donors (Lipinski definition) is 1. The van der Waals surface area contributed by atoms with Crippen LogP contribution in [0, 0.1) is 6.92 Å². The molecule has 0 unspecified atom stereocenters. The molecular formula is C24H26BrN5OS. The smallest absolute Gasteiger partial charge is 0.250 e. The van der Waals surface area contributed by atoms with Gasteiger partial charge in [-0.1, -0.05) is 88.9 Å². The maximum Gasteiger partial charge on any atom is 0.250 e. The van der Waals surface area contributed by atoms with Crippen LogP contribution >= 0.6 is 27.7 Å². The van der Waals surface area contributed by atoms with Crippen molar-refractivity contribution in [2.45, 2.75) is 50.2 Å². The molecule has 1 heterocycles. The van der Waals surface area contributed by atoms with Crippen LogP contribution in [0.2, 0.25) is 0 Å². The number of hydrogen-bond acceptors (Lipinski definition) is 5. The SMILES string of the molecule is Cc1ccc(-c2nnc(SCC(=O)N/N=C/c3ccc(Br)cc3)n2C2CCCCC2)cc1. The number of hydrazone groups is 1. The summed E-state index contributed by atoms with van der Waals surface area (Å²) in [6, 6.07) is 16.5. The summed E-state index contributed by atoms with van der Waals surface area (Å²) in [5.41, 5.74) is 5.79. The normalized spacial score (nSPS) is 14.7. The highest BCUT2D eigenvalue weighted by Crippen LogP contribution is 2.35. The largest absolute Gasteiger partial charge is 0.299 e. The summed E-state index contributed by atoms with van der Waals surface area (Å²) in [6.45, 7) is 2.08. The summed E-state index contributed by atoms with van der Waals surface area (Å²) in [5.74, 6) is 0.947. The minimum Gasteiger partial charge on any atom is -0.299 e. The number of amides is 1. The van der Waals surface area contributed by atoms with Gasteiger partial charge in [-0.15, -0.1) is 10.2 Å². The van der Waals surface area contributed by atoms with E-state index in [9.17, 15) is 4.79 Å². The molecule has 6 nitrogen and oxygen atoms in total. The fraction of sp³-hybridized carbons (Fsp3) is 0.333. The van der Waals surface area contributed by atoms with Crippen LogP contribution in [0.25, 0.3) is 11.4 Å². The van der Waals surface area contributed by atoms with Crippen LogP contribution in [-0.4, -0.2) is 32.6 Å². The first kappa shape index (κ1) is 22.7. The standard InChI is InChI=1S/C24H26BrN5OS/c1-17-7-11-19(12-8-17)23-28-29-24(30(23)21-5-3-2-4-6-21)32-16-22(31)27-26-15-18-9-13-20(25)14-10-18/h7-15,21H,2-6,16H2,1H3,(H,27,31)/b26-15+. The van der Waals surface area contributed by atoms with Crippen LogP contribution in [0.4, 0.5) is 0 Å². The maximum atomic E-state index is 12.4. The highest BCUT2D eigenvalue weighted by atomic mass is 79.9. The molecule has 1 fully saturated rings. The zero-order valence-corrected chi connectivity index (χ0v) is 20.4. The van der Waals surface area contributed by atoms with Gasteiger partial charge in [0.05, 0.1) is 12.0 Å². The van der Waals surface area contributed by atoms with Gasteiger partial charge in [-0.05, 0) is 37.5 Å². The summed E-state index contributed by atoms with van der Waals surface area (Å²) in [5, 5.41) is 13.8. The lowest BCUT2D eigenvalue weighted by molar-refractivity contribution is -0.118. The summed E-state index contributed by atoms with van der Waals surface area (Å²) in [6.07, 6.45) is 7.58. The molecule has 1 amide bonds. The molecule has 1 aliphatic carbocycles. The Morgan fingerprint density at radius 1 is 1.12 bits per heavy atom. The fourth-order valence-corrected chi connectivity index (χ4v) is 4.90. The molecule has 0 atom stereocenters. The molecule has 0 saturated heterocycles. The van der Waals surface area contributed by atoms with Gasteiger partial charge in [0.25, 0.3) is 5.91 Å². The van der Waals surface area contributed by atoms with Gasteiger partial charge in [-0.25, -0.2) is 5.43 Å². The van der Waals surface area contributed by atoms with Crippen LogP contribution < -0.4 is 5.43 Å². The summed E-state index contributed by atoms with van der Waals surface area (Å²) in [7, 11) is 0. The van der Waals surface area contributed by atoms with Gasteiger partial charge in [-0.3, -0.25) is 9.36 Å². The number of aromatic nitrogens is 3. The lowest BCUT2D eigenvalue weighted by Crippen LogP contribution is -2.20. The number of aryl methyl sites for hydroxylation is 1. The Morgan fingerprint density at radius 3 is 2.56 bits per heavy atom. The average molecular weight is 512 g/mol. The topological polar surface area (TPSA) is 72.2 Å². The Morgan fingerprint density at radius 2 is 1.84 bits per heavy atom. The molecule has 1 aliphatic rings. The quantitative estimate of drug-likeness (QED) is 0.248. The van der Waals surface area contributed by atoms with E-state index in [1.165, 1.54) is 36.6 Å². The first-order valence-corrected chi connectivity index (χ1v) is 12.6. The second-order valence-corrected chi connectivity index (χ2v) is 9.83. The van der Waals surface area contributed by atoms with Crippen molar-refractivity contribution >= 4 is 39.8 Å². The van der Waals surface area contributed by atoms with Crippen molar-refractivity contribution in [3.8, 4) is 11.4 Å². The van der Waals surface area contributed by atoms with E-state index < -0.39 is 0 Å². The first-order chi connectivity index (χ1) is 15.6. The third-order valence-corrected chi connectivity index (χ3v) is 6.99. The van der Waals surface area contributed by atoms with Crippen LogP contribution in [0.5, 0.6) is 0 Å². The maximum absolute atomic E-state index is 12.4. The number of carbonyl (C=O) groups is 1. The van der Waals surface area contributed by atoms with Gasteiger partial charge in [0.2, 0.25) is 0 Å². The van der Waals surface area contributed by atoms with E-state index in [-0.39, 0.29) is 11.7 Å². The highest BCUT2D eigenvalue weighted by Gasteiger charge is 2.24. The molecule has 166 valence electrons. The zero-order chi connectivity index (χ0) is 22.3. The van der Waals surface area contributed by atoms with Crippen molar-refractivity contribution < 1.29 is 4.79 Å². The van der Waals surface area contributed by atoms with Crippen molar-refractivity contribution in [3.05, 3.63) is 64.1 Å². The van der Waals surface area contributed by atoms with Crippen LogP contribution in [-0.2, 0) is 4.79 Å². The van der Waals surface area contributed by atoms with Gasteiger partial charge >= 0.3 is 0 Å². The van der Waals surface area contributed by atoms with Gasteiger partial charge in [0.1, 0.15) is 0 Å². The number of rotatable bonds is 7. The molecule has 0 spiro atoms. The molecule has 1 saturated carbocycles. The molecule has 4 rings (SSSR count). The number of benzene rings is 2. The predicted molar refractivity (Wildman–Crippen MR) is 133 cm³/mol. The Kier molecular flexibility index (Phi) is 7.76. The second-order valence-electron chi connectivity index (χ2n) is 7.97. The van der Waals surface area contributed by atoms with Crippen LogP contribution in [0.1, 0.15) is 49.3 Å². The van der Waals surface area contributed by atoms with E-state index >= 15 is 0 Å². The Labute approximate surface area is 201 Å². The fourth-order valence-electron chi connectivity index (χ4n) is 3.83. The molecular weight excluding hydrogens is 486 g/mol. The van der Waals surface area contributed by atoms with Gasteiger partial charge in [0, 0.05) is 16.1 Å². The highest BCUT2D eigenvalue weighted by molar-refractivity contribution is 9.10. The Hall–Kier alpha value is -2.45. The van der Waals surface area contributed by atoms with E-state index in [4.69, 9.17) is 0 Å². The molecule has 1 N–H and O–H groups in total. The van der Waals surface area contributed by atoms with Crippen LogP contribution in [0.3, 0.4) is 0 Å². The number of thioether (sulfide) groups is 1. The van der Waals surface area contributed by atoms with E-state index in [0.29, 0.717) is 6.04 Å². The van der Waals surface area contributed by atoms with Crippen LogP contribution in [0.15, 0.2) is 63.3 Å². The van der Waals surface area contributed by atoms with Crippen molar-refractivity contribution in [3.63, 3.8) is 0 Å². The van der Waals surface area contributed by atoms with Crippen molar-refractivity contribution in [2.75, 3.05) is 5.75 Å². The van der Waals surface area contributed by atoms with Gasteiger partial charge < -0.3 is 0 Å². The third kappa shape index (κ3) is 5.86. The predicted octanol–water partition coefficient (Wildman–Crippen LogP) is 5.76. The second kappa shape index (κ2) is 10.9. The van der Waals surface area contributed by atoms with Gasteiger partial charge in [-0.2, -0.15) is 5.10 Å². The number of halogens is 1. The number of nitrogens with zero attached hydrogens (tertiary/aromatic N) is 4. The summed E-state index contributed by atoms with van der Waals surface area (Å²) >= 11 is 4.82. The van der Waals surface area contributed by atoms with E-state index in [0.717, 1.165) is 39.4 Å². The molecule has 1 aromatic heterocycles. The minimum atomic E-state index is -0.168. The third-order valence-electron chi connectivity index (χ3n) is 5.52. The van der Waals surface area contributed by atoms with Crippen molar-refractivity contribution in [1.82, 2.24) is 20.2 Å². The van der Waals surface area contributed by atoms with Crippen molar-refractivity contribution in [1.29, 1.82) is 0 Å². The number of carbonyl (C=O) groups excluding carboxylic acids is 1. The average Bonchev–Trinajstić information content (AvgIpc) is 3.24. The van der Waals surface area contributed by atoms with Gasteiger partial charge in [0.15, 0.2) is 11.0 Å². The number of nitrogens with one attached hydrogen (secondary N) is 1. The first-order valence-electron chi connectivity index (χ1n) is 10.8. The molecule has 0 radical (unpaired) electrons. The summed E-state index contributed by atoms with van der Waals surface area (Å²) < 4.78 is 3.24. The van der Waals surface area contributed by atoms with Crippen molar-refractivity contribution in [2.24, 2.45) is 5.10 Å². The molecule has 3 aromatic rings. The lowest BCUT2D eigenvalue weighted by Gasteiger charge is -2.25. The van der Waals surface area contributed by atoms with E-state index in [2.05, 4.69) is 72.4 Å². The van der Waals surface area contributed by atoms with E-state index in [1.54, 1.807) is 6.21 Å². The molecule has 8 heteroatoms. The zero-order valence-electron chi connectivity index (χ0n) is 18.0. The molecule has 0 bridgehead atoms. The summed E-state index contributed by atoms with van der Waals surface area (Å²) in [4.78, 5) is 12.4.